The van der Waals surface area contributed by atoms with Crippen LogP contribution < -0.4 is 5.73 Å². The first kappa shape index (κ1) is 8.31. The highest BCUT2D eigenvalue weighted by molar-refractivity contribution is 7.15. The number of nitrogens with two attached hydrogens (primary N) is 1. The number of rotatable bonds is 1. The van der Waals surface area contributed by atoms with Crippen molar-refractivity contribution in [2.24, 2.45) is 7.05 Å². The highest BCUT2D eigenvalue weighted by atomic mass is 32.1. The normalized spacial score (nSPS) is 10.6. The summed E-state index contributed by atoms with van der Waals surface area (Å²) in [6.07, 6.45) is 1.82. The third-order valence-electron chi connectivity index (χ3n) is 1.83. The standard InChI is InChI=1S/C9H11N3S/c1-6-3-4-8(13-6)9-7(10)5-12(2)11-9/h3-5H,10H2,1-2H3. The van der Waals surface area contributed by atoms with Crippen LogP contribution in [0.2, 0.25) is 0 Å². The number of aryl methyl sites for hydroxylation is 2. The summed E-state index contributed by atoms with van der Waals surface area (Å²) in [5.41, 5.74) is 7.44. The van der Waals surface area contributed by atoms with Crippen LogP contribution in [0, 0.1) is 6.92 Å². The zero-order valence-electron chi connectivity index (χ0n) is 7.61. The smallest absolute Gasteiger partial charge is 0.125 e. The first-order chi connectivity index (χ1) is 6.16. The number of nitrogens with zero attached hydrogens (tertiary/aromatic N) is 2. The summed E-state index contributed by atoms with van der Waals surface area (Å²) < 4.78 is 1.74. The molecule has 0 aliphatic heterocycles. The first-order valence-corrected chi connectivity index (χ1v) is 4.84. The summed E-state index contributed by atoms with van der Waals surface area (Å²) in [5, 5.41) is 4.30. The number of thiophene rings is 1. The first-order valence-electron chi connectivity index (χ1n) is 4.03. The number of anilines is 1. The van der Waals surface area contributed by atoms with E-state index in [4.69, 9.17) is 5.73 Å². The molecule has 2 aromatic heterocycles. The molecule has 0 saturated heterocycles. The predicted molar refractivity (Wildman–Crippen MR) is 55.7 cm³/mol. The van der Waals surface area contributed by atoms with Crippen molar-refractivity contribution in [3.05, 3.63) is 23.2 Å². The Morgan fingerprint density at radius 1 is 1.46 bits per heavy atom. The number of nitrogen functional groups attached to an aromatic ring is 1. The van der Waals surface area contributed by atoms with Crippen molar-refractivity contribution in [2.75, 3.05) is 5.73 Å². The molecule has 0 saturated carbocycles. The molecule has 2 heterocycles. The Hall–Kier alpha value is -1.29. The van der Waals surface area contributed by atoms with E-state index in [9.17, 15) is 0 Å². The van der Waals surface area contributed by atoms with E-state index < -0.39 is 0 Å². The summed E-state index contributed by atoms with van der Waals surface area (Å²) in [6, 6.07) is 4.13. The number of aromatic nitrogens is 2. The van der Waals surface area contributed by atoms with Crippen molar-refractivity contribution in [1.82, 2.24) is 9.78 Å². The van der Waals surface area contributed by atoms with Gasteiger partial charge in [-0.2, -0.15) is 5.10 Å². The van der Waals surface area contributed by atoms with Gasteiger partial charge in [0.25, 0.3) is 0 Å². The molecule has 0 aromatic carbocycles. The molecule has 3 nitrogen and oxygen atoms in total. The Morgan fingerprint density at radius 2 is 2.23 bits per heavy atom. The van der Waals surface area contributed by atoms with Gasteiger partial charge in [-0.1, -0.05) is 0 Å². The molecule has 0 amide bonds. The van der Waals surface area contributed by atoms with Crippen LogP contribution in [-0.4, -0.2) is 9.78 Å². The summed E-state index contributed by atoms with van der Waals surface area (Å²) in [4.78, 5) is 2.41. The average molecular weight is 193 g/mol. The van der Waals surface area contributed by atoms with Gasteiger partial charge in [-0.15, -0.1) is 11.3 Å². The summed E-state index contributed by atoms with van der Waals surface area (Å²) in [7, 11) is 1.88. The second-order valence-corrected chi connectivity index (χ2v) is 4.30. The summed E-state index contributed by atoms with van der Waals surface area (Å²) >= 11 is 1.71. The molecule has 0 spiro atoms. The lowest BCUT2D eigenvalue weighted by molar-refractivity contribution is 0.771. The lowest BCUT2D eigenvalue weighted by Crippen LogP contribution is -1.86. The molecular formula is C9H11N3S. The molecule has 0 aliphatic carbocycles. The monoisotopic (exact) mass is 193 g/mol. The molecule has 2 N–H and O–H groups in total. The van der Waals surface area contributed by atoms with E-state index >= 15 is 0 Å². The topological polar surface area (TPSA) is 43.8 Å². The van der Waals surface area contributed by atoms with E-state index in [1.54, 1.807) is 16.0 Å². The van der Waals surface area contributed by atoms with E-state index in [1.165, 1.54) is 4.88 Å². The van der Waals surface area contributed by atoms with Gasteiger partial charge in [0.05, 0.1) is 10.6 Å². The minimum Gasteiger partial charge on any atom is -0.396 e. The van der Waals surface area contributed by atoms with Crippen LogP contribution in [0.5, 0.6) is 0 Å². The Kier molecular flexibility index (Phi) is 1.84. The van der Waals surface area contributed by atoms with Gasteiger partial charge in [0.1, 0.15) is 5.69 Å². The van der Waals surface area contributed by atoms with E-state index in [-0.39, 0.29) is 0 Å². The zero-order chi connectivity index (χ0) is 9.42. The fourth-order valence-electron chi connectivity index (χ4n) is 1.26. The van der Waals surface area contributed by atoms with Crippen molar-refractivity contribution < 1.29 is 0 Å². The number of hydrogen-bond donors (Lipinski definition) is 1. The SMILES string of the molecule is Cc1ccc(-c2nn(C)cc2N)s1. The Balaban J connectivity index is 2.51. The predicted octanol–water partition coefficient (Wildman–Crippen LogP) is 2.04. The Bertz CT molecular complexity index is 428. The lowest BCUT2D eigenvalue weighted by atomic mass is 10.3. The van der Waals surface area contributed by atoms with Crippen LogP contribution >= 0.6 is 11.3 Å². The highest BCUT2D eigenvalue weighted by Crippen LogP contribution is 2.29. The summed E-state index contributed by atoms with van der Waals surface area (Å²) in [6.45, 7) is 2.08. The van der Waals surface area contributed by atoms with Crippen LogP contribution in [0.3, 0.4) is 0 Å². The fourth-order valence-corrected chi connectivity index (χ4v) is 2.13. The third-order valence-corrected chi connectivity index (χ3v) is 2.84. The van der Waals surface area contributed by atoms with E-state index in [2.05, 4.69) is 24.2 Å². The summed E-state index contributed by atoms with van der Waals surface area (Å²) in [5.74, 6) is 0. The van der Waals surface area contributed by atoms with Crippen molar-refractivity contribution in [2.45, 2.75) is 6.92 Å². The van der Waals surface area contributed by atoms with Gasteiger partial charge in [-0.05, 0) is 19.1 Å². The maximum absolute atomic E-state index is 5.81. The molecule has 0 bridgehead atoms. The molecule has 2 rings (SSSR count). The van der Waals surface area contributed by atoms with E-state index in [0.29, 0.717) is 0 Å². The van der Waals surface area contributed by atoms with Gasteiger partial charge in [0, 0.05) is 18.1 Å². The van der Waals surface area contributed by atoms with Crippen molar-refractivity contribution in [3.8, 4) is 10.6 Å². The van der Waals surface area contributed by atoms with Crippen molar-refractivity contribution in [1.29, 1.82) is 0 Å². The molecule has 0 fully saturated rings. The molecule has 0 radical (unpaired) electrons. The molecule has 4 heteroatoms. The highest BCUT2D eigenvalue weighted by Gasteiger charge is 2.08. The maximum Gasteiger partial charge on any atom is 0.125 e. The Labute approximate surface area is 80.8 Å². The van der Waals surface area contributed by atoms with Crippen LogP contribution in [0.15, 0.2) is 18.3 Å². The zero-order valence-corrected chi connectivity index (χ0v) is 8.43. The van der Waals surface area contributed by atoms with Gasteiger partial charge < -0.3 is 5.73 Å². The second kappa shape index (κ2) is 2.88. The molecule has 0 aliphatic rings. The quantitative estimate of drug-likeness (QED) is 0.753. The van der Waals surface area contributed by atoms with E-state index in [0.717, 1.165) is 16.3 Å². The second-order valence-electron chi connectivity index (χ2n) is 3.02. The van der Waals surface area contributed by atoms with Gasteiger partial charge in [0.2, 0.25) is 0 Å². The molecule has 0 unspecified atom stereocenters. The fraction of sp³-hybridized carbons (Fsp3) is 0.222. The van der Waals surface area contributed by atoms with Crippen LogP contribution in [-0.2, 0) is 7.05 Å². The lowest BCUT2D eigenvalue weighted by Gasteiger charge is -1.90. The van der Waals surface area contributed by atoms with Crippen molar-refractivity contribution >= 4 is 17.0 Å². The third kappa shape index (κ3) is 1.45. The van der Waals surface area contributed by atoms with Crippen LogP contribution in [0.4, 0.5) is 5.69 Å². The van der Waals surface area contributed by atoms with Crippen LogP contribution in [0.1, 0.15) is 4.88 Å². The largest absolute Gasteiger partial charge is 0.396 e. The minimum absolute atomic E-state index is 0.740. The molecular weight excluding hydrogens is 182 g/mol. The van der Waals surface area contributed by atoms with Gasteiger partial charge in [-0.3, -0.25) is 4.68 Å². The van der Waals surface area contributed by atoms with Gasteiger partial charge >= 0.3 is 0 Å². The van der Waals surface area contributed by atoms with Gasteiger partial charge in [0.15, 0.2) is 0 Å². The van der Waals surface area contributed by atoms with Crippen LogP contribution in [0.25, 0.3) is 10.6 Å². The molecule has 0 atom stereocenters. The average Bonchev–Trinajstić information content (AvgIpc) is 2.58. The van der Waals surface area contributed by atoms with Gasteiger partial charge in [-0.25, -0.2) is 0 Å². The number of hydrogen-bond acceptors (Lipinski definition) is 3. The minimum atomic E-state index is 0.740. The molecule has 13 heavy (non-hydrogen) atoms. The Morgan fingerprint density at radius 3 is 2.69 bits per heavy atom. The molecule has 2 aromatic rings. The van der Waals surface area contributed by atoms with Crippen molar-refractivity contribution in [3.63, 3.8) is 0 Å². The molecule has 68 valence electrons. The van der Waals surface area contributed by atoms with E-state index in [1.807, 2.05) is 13.2 Å². The maximum atomic E-state index is 5.81.